The molecule has 0 atom stereocenters. The Bertz CT molecular complexity index is 854. The first-order valence-electron chi connectivity index (χ1n) is 7.60. The third-order valence-electron chi connectivity index (χ3n) is 3.53. The fourth-order valence-electron chi connectivity index (χ4n) is 2.33. The molecule has 0 fully saturated rings. The first-order chi connectivity index (χ1) is 12.2. The van der Waals surface area contributed by atoms with Crippen LogP contribution in [0.15, 0.2) is 54.7 Å². The molecule has 1 heterocycles. The van der Waals surface area contributed by atoms with E-state index in [2.05, 4.69) is 9.97 Å². The average molecular weight is 340 g/mol. The normalized spacial score (nSPS) is 10.5. The van der Waals surface area contributed by atoms with Gasteiger partial charge >= 0.3 is 0 Å². The van der Waals surface area contributed by atoms with Gasteiger partial charge in [0.25, 0.3) is 0 Å². The Morgan fingerprint density at radius 1 is 1.00 bits per heavy atom. The summed E-state index contributed by atoms with van der Waals surface area (Å²) in [6.45, 7) is 0.158. The Hall–Kier alpha value is -2.99. The topological polar surface area (TPSA) is 53.5 Å². The Kier molecular flexibility index (Phi) is 5.20. The van der Waals surface area contributed by atoms with E-state index in [4.69, 9.17) is 14.2 Å². The predicted molar refractivity (Wildman–Crippen MR) is 91.9 cm³/mol. The number of ether oxygens (including phenoxy) is 3. The number of benzene rings is 2. The molecule has 0 N–H and O–H groups in total. The quantitative estimate of drug-likeness (QED) is 0.636. The standard InChI is InChI=1S/C19H17FN2O3/c1-23-12-25-16-5-3-4-14(10-16)18-17(24-2)11-21-19(22-18)13-6-8-15(20)9-7-13/h3-11H,12H2,1-2H3. The summed E-state index contributed by atoms with van der Waals surface area (Å²) in [7, 11) is 3.12. The van der Waals surface area contributed by atoms with Crippen molar-refractivity contribution >= 4 is 0 Å². The van der Waals surface area contributed by atoms with Gasteiger partial charge in [0.1, 0.15) is 17.3 Å². The number of rotatable bonds is 6. The summed E-state index contributed by atoms with van der Waals surface area (Å²) in [6.07, 6.45) is 1.60. The van der Waals surface area contributed by atoms with Crippen LogP contribution in [-0.2, 0) is 4.74 Å². The highest BCUT2D eigenvalue weighted by Gasteiger charge is 2.12. The van der Waals surface area contributed by atoms with Gasteiger partial charge in [-0.1, -0.05) is 12.1 Å². The molecule has 0 aliphatic rings. The highest BCUT2D eigenvalue weighted by molar-refractivity contribution is 5.70. The summed E-state index contributed by atoms with van der Waals surface area (Å²) >= 11 is 0. The Morgan fingerprint density at radius 3 is 2.52 bits per heavy atom. The van der Waals surface area contributed by atoms with Crippen molar-refractivity contribution in [3.8, 4) is 34.1 Å². The lowest BCUT2D eigenvalue weighted by molar-refractivity contribution is 0.0511. The zero-order valence-electron chi connectivity index (χ0n) is 13.9. The molecule has 0 saturated heterocycles. The van der Waals surface area contributed by atoms with Crippen LogP contribution in [0.25, 0.3) is 22.6 Å². The zero-order valence-corrected chi connectivity index (χ0v) is 13.9. The van der Waals surface area contributed by atoms with Crippen LogP contribution in [0.4, 0.5) is 4.39 Å². The second-order valence-corrected chi connectivity index (χ2v) is 5.20. The smallest absolute Gasteiger partial charge is 0.188 e. The molecule has 1 aromatic heterocycles. The fraction of sp³-hybridized carbons (Fsp3) is 0.158. The summed E-state index contributed by atoms with van der Waals surface area (Å²) in [5.41, 5.74) is 2.16. The van der Waals surface area contributed by atoms with Crippen molar-refractivity contribution in [2.75, 3.05) is 21.0 Å². The van der Waals surface area contributed by atoms with Gasteiger partial charge in [-0.25, -0.2) is 14.4 Å². The van der Waals surface area contributed by atoms with Crippen LogP contribution in [0.2, 0.25) is 0 Å². The maximum atomic E-state index is 13.1. The molecule has 3 rings (SSSR count). The molecule has 0 saturated carbocycles. The van der Waals surface area contributed by atoms with E-state index in [0.29, 0.717) is 23.0 Å². The lowest BCUT2D eigenvalue weighted by Gasteiger charge is -2.11. The van der Waals surface area contributed by atoms with Crippen LogP contribution in [0.5, 0.6) is 11.5 Å². The lowest BCUT2D eigenvalue weighted by atomic mass is 10.1. The van der Waals surface area contributed by atoms with Gasteiger partial charge in [-0.15, -0.1) is 0 Å². The highest BCUT2D eigenvalue weighted by atomic mass is 19.1. The number of nitrogens with zero attached hydrogens (tertiary/aromatic N) is 2. The van der Waals surface area contributed by atoms with Crippen LogP contribution in [-0.4, -0.2) is 31.0 Å². The summed E-state index contributed by atoms with van der Waals surface area (Å²) in [6, 6.07) is 13.5. The van der Waals surface area contributed by atoms with E-state index >= 15 is 0 Å². The van der Waals surface area contributed by atoms with Crippen molar-refractivity contribution in [3.05, 3.63) is 60.5 Å². The van der Waals surface area contributed by atoms with Crippen LogP contribution in [0, 0.1) is 5.82 Å². The second-order valence-electron chi connectivity index (χ2n) is 5.20. The number of hydrogen-bond donors (Lipinski definition) is 0. The molecule has 0 amide bonds. The third kappa shape index (κ3) is 3.92. The number of halogens is 1. The minimum atomic E-state index is -0.305. The molecule has 6 heteroatoms. The van der Waals surface area contributed by atoms with Gasteiger partial charge in [0.2, 0.25) is 0 Å². The van der Waals surface area contributed by atoms with Crippen LogP contribution < -0.4 is 9.47 Å². The Morgan fingerprint density at radius 2 is 1.80 bits per heavy atom. The number of methoxy groups -OCH3 is 2. The van der Waals surface area contributed by atoms with Gasteiger partial charge in [-0.3, -0.25) is 0 Å². The third-order valence-corrected chi connectivity index (χ3v) is 3.53. The van der Waals surface area contributed by atoms with E-state index in [-0.39, 0.29) is 12.6 Å². The van der Waals surface area contributed by atoms with Crippen molar-refractivity contribution in [2.45, 2.75) is 0 Å². The molecular weight excluding hydrogens is 323 g/mol. The van der Waals surface area contributed by atoms with Gasteiger partial charge in [0, 0.05) is 18.2 Å². The molecule has 25 heavy (non-hydrogen) atoms. The molecule has 3 aromatic rings. The van der Waals surface area contributed by atoms with Crippen molar-refractivity contribution in [3.63, 3.8) is 0 Å². The van der Waals surface area contributed by atoms with E-state index in [9.17, 15) is 4.39 Å². The van der Waals surface area contributed by atoms with E-state index < -0.39 is 0 Å². The van der Waals surface area contributed by atoms with E-state index in [0.717, 1.165) is 11.1 Å². The molecule has 0 unspecified atom stereocenters. The minimum absolute atomic E-state index is 0.158. The van der Waals surface area contributed by atoms with Gasteiger partial charge in [-0.05, 0) is 36.4 Å². The minimum Gasteiger partial charge on any atom is -0.493 e. The molecular formula is C19H17FN2O3. The number of hydrogen-bond acceptors (Lipinski definition) is 5. The molecule has 0 radical (unpaired) electrons. The van der Waals surface area contributed by atoms with Crippen molar-refractivity contribution in [1.82, 2.24) is 9.97 Å². The van der Waals surface area contributed by atoms with E-state index in [1.54, 1.807) is 32.5 Å². The Labute approximate surface area is 145 Å². The van der Waals surface area contributed by atoms with Gasteiger partial charge in [0.15, 0.2) is 18.4 Å². The summed E-state index contributed by atoms with van der Waals surface area (Å²) in [4.78, 5) is 8.89. The molecule has 0 aliphatic carbocycles. The van der Waals surface area contributed by atoms with Crippen molar-refractivity contribution < 1.29 is 18.6 Å². The van der Waals surface area contributed by atoms with Gasteiger partial charge in [-0.2, -0.15) is 0 Å². The Balaban J connectivity index is 2.02. The molecule has 5 nitrogen and oxygen atoms in total. The fourth-order valence-corrected chi connectivity index (χ4v) is 2.33. The van der Waals surface area contributed by atoms with Crippen LogP contribution in [0.3, 0.4) is 0 Å². The summed E-state index contributed by atoms with van der Waals surface area (Å²) in [5.74, 6) is 1.37. The maximum Gasteiger partial charge on any atom is 0.188 e. The molecule has 0 spiro atoms. The van der Waals surface area contributed by atoms with Crippen molar-refractivity contribution in [2.24, 2.45) is 0 Å². The zero-order chi connectivity index (χ0) is 17.6. The molecule has 0 aliphatic heterocycles. The summed E-state index contributed by atoms with van der Waals surface area (Å²) < 4.78 is 28.9. The first-order valence-corrected chi connectivity index (χ1v) is 7.60. The molecule has 0 bridgehead atoms. The predicted octanol–water partition coefficient (Wildman–Crippen LogP) is 3.94. The van der Waals surface area contributed by atoms with E-state index in [1.165, 1.54) is 12.1 Å². The first kappa shape index (κ1) is 16.9. The van der Waals surface area contributed by atoms with Crippen molar-refractivity contribution in [1.29, 1.82) is 0 Å². The SMILES string of the molecule is COCOc1cccc(-c2nc(-c3ccc(F)cc3)ncc2OC)c1. The van der Waals surface area contributed by atoms with Crippen LogP contribution in [0.1, 0.15) is 0 Å². The molecule has 2 aromatic carbocycles. The highest BCUT2D eigenvalue weighted by Crippen LogP contribution is 2.31. The van der Waals surface area contributed by atoms with Crippen LogP contribution >= 0.6 is 0 Å². The average Bonchev–Trinajstić information content (AvgIpc) is 2.66. The maximum absolute atomic E-state index is 13.1. The number of aromatic nitrogens is 2. The van der Waals surface area contributed by atoms with Gasteiger partial charge in [0.05, 0.1) is 13.3 Å². The second kappa shape index (κ2) is 7.72. The largest absolute Gasteiger partial charge is 0.493 e. The van der Waals surface area contributed by atoms with E-state index in [1.807, 2.05) is 24.3 Å². The van der Waals surface area contributed by atoms with Gasteiger partial charge < -0.3 is 14.2 Å². The summed E-state index contributed by atoms with van der Waals surface area (Å²) in [5, 5.41) is 0. The monoisotopic (exact) mass is 340 g/mol. The lowest BCUT2D eigenvalue weighted by Crippen LogP contribution is -2.00. The molecule has 128 valence electrons.